The highest BCUT2D eigenvalue weighted by Crippen LogP contribution is 2.41. The van der Waals surface area contributed by atoms with Crippen molar-refractivity contribution in [3.63, 3.8) is 0 Å². The van der Waals surface area contributed by atoms with Gasteiger partial charge in [0.1, 0.15) is 24.1 Å². The molecule has 2 heterocycles. The summed E-state index contributed by atoms with van der Waals surface area (Å²) in [5, 5.41) is 22.8. The molecule has 3 N–H and O–H groups in total. The van der Waals surface area contributed by atoms with Gasteiger partial charge in [0.2, 0.25) is 0 Å². The van der Waals surface area contributed by atoms with E-state index in [1.54, 1.807) is 30.3 Å². The van der Waals surface area contributed by atoms with Crippen LogP contribution in [0.5, 0.6) is 0 Å². The molecule has 0 spiro atoms. The van der Waals surface area contributed by atoms with Crippen LogP contribution in [-0.2, 0) is 9.16 Å². The summed E-state index contributed by atoms with van der Waals surface area (Å²) in [6.45, 7) is 9.86. The van der Waals surface area contributed by atoms with Gasteiger partial charge in [-0.15, -0.1) is 0 Å². The molecule has 1 saturated heterocycles. The second-order valence-electron chi connectivity index (χ2n) is 9.40. The fourth-order valence-corrected chi connectivity index (χ4v) is 4.48. The first kappa shape index (κ1) is 24.3. The molecule has 1 aliphatic rings. The van der Waals surface area contributed by atoms with E-state index in [1.165, 1.54) is 16.8 Å². The Morgan fingerprint density at radius 1 is 1.25 bits per heavy atom. The SMILES string of the molecule is CC(C)(C)[Si](C)(C)O[C@@H]1[C@H](O)[C@@H](CO)O[C@H]1n1ccc(NC(=O)c2ccccc2)nc1=O. The zero-order valence-electron chi connectivity index (χ0n) is 19.0. The van der Waals surface area contributed by atoms with E-state index in [0.717, 1.165) is 0 Å². The van der Waals surface area contributed by atoms with E-state index in [1.807, 2.05) is 13.1 Å². The summed E-state index contributed by atoms with van der Waals surface area (Å²) in [5.74, 6) is -0.290. The van der Waals surface area contributed by atoms with E-state index < -0.39 is 45.2 Å². The molecule has 0 bridgehead atoms. The molecular formula is C22H31N3O6Si. The molecular weight excluding hydrogens is 430 g/mol. The van der Waals surface area contributed by atoms with Gasteiger partial charge < -0.3 is 24.7 Å². The Labute approximate surface area is 188 Å². The minimum absolute atomic E-state index is 0.0965. The van der Waals surface area contributed by atoms with Crippen LogP contribution in [0.1, 0.15) is 37.4 Å². The Balaban J connectivity index is 1.86. The number of aliphatic hydroxyl groups excluding tert-OH is 2. The van der Waals surface area contributed by atoms with Crippen molar-refractivity contribution in [2.45, 2.75) is 63.4 Å². The highest BCUT2D eigenvalue weighted by molar-refractivity contribution is 6.74. The summed E-state index contributed by atoms with van der Waals surface area (Å²) < 4.78 is 13.4. The lowest BCUT2D eigenvalue weighted by atomic mass is 10.1. The molecule has 1 aromatic heterocycles. The van der Waals surface area contributed by atoms with Crippen molar-refractivity contribution in [3.05, 3.63) is 58.6 Å². The van der Waals surface area contributed by atoms with Crippen LogP contribution in [0.2, 0.25) is 18.1 Å². The molecule has 0 unspecified atom stereocenters. The summed E-state index contributed by atoms with van der Waals surface area (Å²) in [7, 11) is -2.33. The number of hydrogen-bond donors (Lipinski definition) is 3. The first-order chi connectivity index (χ1) is 14.9. The zero-order valence-corrected chi connectivity index (χ0v) is 20.0. The van der Waals surface area contributed by atoms with Gasteiger partial charge in [0.05, 0.1) is 6.61 Å². The Hall–Kier alpha value is -2.37. The van der Waals surface area contributed by atoms with Crippen molar-refractivity contribution in [3.8, 4) is 0 Å². The fourth-order valence-electron chi connectivity index (χ4n) is 3.19. The molecule has 0 aliphatic carbocycles. The van der Waals surface area contributed by atoms with Crippen LogP contribution in [0.3, 0.4) is 0 Å². The van der Waals surface area contributed by atoms with Crippen LogP contribution in [-0.4, -0.2) is 58.9 Å². The number of amides is 1. The second kappa shape index (κ2) is 9.24. The number of nitrogens with zero attached hydrogens (tertiary/aromatic N) is 2. The lowest BCUT2D eigenvalue weighted by molar-refractivity contribution is -0.0534. The summed E-state index contributed by atoms with van der Waals surface area (Å²) in [5.41, 5.74) is -0.232. The highest BCUT2D eigenvalue weighted by Gasteiger charge is 2.50. The third kappa shape index (κ3) is 4.99. The van der Waals surface area contributed by atoms with Gasteiger partial charge in [0, 0.05) is 11.8 Å². The summed E-state index contributed by atoms with van der Waals surface area (Å²) in [4.78, 5) is 29.1. The Morgan fingerprint density at radius 3 is 2.47 bits per heavy atom. The van der Waals surface area contributed by atoms with Crippen LogP contribution in [0.25, 0.3) is 0 Å². The number of carbonyl (C=O) groups excluding carboxylic acids is 1. The normalized spacial score (nSPS) is 23.8. The van der Waals surface area contributed by atoms with E-state index in [2.05, 4.69) is 31.1 Å². The van der Waals surface area contributed by atoms with Crippen LogP contribution in [0.15, 0.2) is 47.4 Å². The average molecular weight is 462 g/mol. The number of carbonyl (C=O) groups is 1. The van der Waals surface area contributed by atoms with Crippen molar-refractivity contribution in [2.24, 2.45) is 0 Å². The second-order valence-corrected chi connectivity index (χ2v) is 14.2. The summed E-state index contributed by atoms with van der Waals surface area (Å²) in [6.07, 6.45) is -2.37. The molecule has 1 aliphatic heterocycles. The molecule has 2 aromatic rings. The maximum Gasteiger partial charge on any atom is 0.351 e. The third-order valence-electron chi connectivity index (χ3n) is 6.11. The number of anilines is 1. The molecule has 32 heavy (non-hydrogen) atoms. The lowest BCUT2D eigenvalue weighted by Gasteiger charge is -2.40. The van der Waals surface area contributed by atoms with Gasteiger partial charge in [-0.2, -0.15) is 4.98 Å². The van der Waals surface area contributed by atoms with E-state index in [9.17, 15) is 19.8 Å². The number of rotatable bonds is 6. The maximum absolute atomic E-state index is 12.8. The minimum atomic E-state index is -2.33. The van der Waals surface area contributed by atoms with Crippen LogP contribution in [0.4, 0.5) is 5.82 Å². The number of hydrogen-bond acceptors (Lipinski definition) is 7. The third-order valence-corrected chi connectivity index (χ3v) is 10.6. The van der Waals surface area contributed by atoms with Gasteiger partial charge in [-0.25, -0.2) is 4.79 Å². The average Bonchev–Trinajstić information content (AvgIpc) is 3.03. The van der Waals surface area contributed by atoms with Crippen LogP contribution < -0.4 is 11.0 Å². The van der Waals surface area contributed by atoms with Crippen molar-refractivity contribution in [1.29, 1.82) is 0 Å². The lowest BCUT2D eigenvalue weighted by Crippen LogP contribution is -2.49. The molecule has 1 aromatic carbocycles. The van der Waals surface area contributed by atoms with Gasteiger partial charge in [0.25, 0.3) is 5.91 Å². The smallest absolute Gasteiger partial charge is 0.351 e. The maximum atomic E-state index is 12.8. The number of nitrogens with one attached hydrogen (secondary N) is 1. The first-order valence-electron chi connectivity index (χ1n) is 10.5. The molecule has 9 nitrogen and oxygen atoms in total. The van der Waals surface area contributed by atoms with Gasteiger partial charge in [0.15, 0.2) is 14.5 Å². The molecule has 0 radical (unpaired) electrons. The minimum Gasteiger partial charge on any atom is -0.407 e. The van der Waals surface area contributed by atoms with Gasteiger partial charge in [-0.05, 0) is 36.3 Å². The van der Waals surface area contributed by atoms with Gasteiger partial charge >= 0.3 is 5.69 Å². The summed E-state index contributed by atoms with van der Waals surface area (Å²) >= 11 is 0. The van der Waals surface area contributed by atoms with Gasteiger partial charge in [-0.3, -0.25) is 9.36 Å². The number of aliphatic hydroxyl groups is 2. The predicted octanol–water partition coefficient (Wildman–Crippen LogP) is 2.14. The number of aromatic nitrogens is 2. The quantitative estimate of drug-likeness (QED) is 0.563. The van der Waals surface area contributed by atoms with Crippen molar-refractivity contribution >= 4 is 20.0 Å². The highest BCUT2D eigenvalue weighted by atomic mass is 28.4. The van der Waals surface area contributed by atoms with Crippen LogP contribution in [0, 0.1) is 0 Å². The molecule has 1 amide bonds. The Bertz CT molecular complexity index is 1000. The zero-order chi connectivity index (χ0) is 23.7. The predicted molar refractivity (Wildman–Crippen MR) is 122 cm³/mol. The summed E-state index contributed by atoms with van der Waals surface area (Å²) in [6, 6.07) is 10.1. The van der Waals surface area contributed by atoms with Crippen LogP contribution >= 0.6 is 0 Å². The monoisotopic (exact) mass is 461 g/mol. The topological polar surface area (TPSA) is 123 Å². The van der Waals surface area contributed by atoms with E-state index in [0.29, 0.717) is 5.56 Å². The standard InChI is InChI=1S/C22H31N3O6Si/c1-22(2,3)32(4,5)31-18-17(27)15(13-26)30-20(18)25-12-11-16(24-21(25)29)23-19(28)14-9-7-6-8-10-14/h6-12,15,17-18,20,26-27H,13H2,1-5H3,(H,23,24,28,29)/t15-,17-,18-,20-/m1/s1. The van der Waals surface area contributed by atoms with Crippen molar-refractivity contribution < 1.29 is 24.2 Å². The molecule has 0 saturated carbocycles. The van der Waals surface area contributed by atoms with Crippen molar-refractivity contribution in [1.82, 2.24) is 9.55 Å². The Kier molecular flexibility index (Phi) is 7.01. The number of ether oxygens (including phenoxy) is 1. The molecule has 3 rings (SSSR count). The van der Waals surface area contributed by atoms with E-state index >= 15 is 0 Å². The first-order valence-corrected chi connectivity index (χ1v) is 13.4. The van der Waals surface area contributed by atoms with Gasteiger partial charge in [-0.1, -0.05) is 39.0 Å². The van der Waals surface area contributed by atoms with E-state index in [-0.39, 0.29) is 16.8 Å². The molecule has 4 atom stereocenters. The molecule has 1 fully saturated rings. The fraction of sp³-hybridized carbons (Fsp3) is 0.500. The Morgan fingerprint density at radius 2 is 1.91 bits per heavy atom. The molecule has 174 valence electrons. The van der Waals surface area contributed by atoms with E-state index in [4.69, 9.17) is 9.16 Å². The molecule has 10 heteroatoms. The number of benzene rings is 1. The largest absolute Gasteiger partial charge is 0.407 e. The van der Waals surface area contributed by atoms with Crippen molar-refractivity contribution in [2.75, 3.05) is 11.9 Å².